The van der Waals surface area contributed by atoms with E-state index in [0.717, 1.165) is 59.5 Å². The van der Waals surface area contributed by atoms with Crippen LogP contribution in [0.25, 0.3) is 22.3 Å². The lowest BCUT2D eigenvalue weighted by molar-refractivity contribution is -0.219. The van der Waals surface area contributed by atoms with Gasteiger partial charge in [-0.25, -0.2) is 14.6 Å². The minimum atomic E-state index is -0.282. The number of rotatable bonds is 6. The fraction of sp³-hybridized carbons (Fsp3) is 0.286. The molecule has 3 fully saturated rings. The highest BCUT2D eigenvalue weighted by Crippen LogP contribution is 2.59. The first kappa shape index (κ1) is 21.3. The Balaban J connectivity index is 1.20. The third-order valence-corrected chi connectivity index (χ3v) is 8.13. The molecule has 0 amide bonds. The molecule has 8 nitrogen and oxygen atoms in total. The zero-order valence-corrected chi connectivity index (χ0v) is 19.7. The molecule has 3 saturated heterocycles. The summed E-state index contributed by atoms with van der Waals surface area (Å²) in [5.74, 6) is 2.12. The second-order valence-electron chi connectivity index (χ2n) is 10.0. The lowest BCUT2D eigenvalue weighted by atomic mass is 9.57. The number of ether oxygens (including phenoxy) is 1. The van der Waals surface area contributed by atoms with Gasteiger partial charge in [0.25, 0.3) is 0 Å². The normalized spacial score (nSPS) is 26.5. The van der Waals surface area contributed by atoms with E-state index in [-0.39, 0.29) is 17.4 Å². The first-order chi connectivity index (χ1) is 17.6. The largest absolute Gasteiger partial charge is 0.457 e. The molecule has 2 aromatic carbocycles. The van der Waals surface area contributed by atoms with Gasteiger partial charge in [-0.05, 0) is 68.2 Å². The van der Waals surface area contributed by atoms with E-state index in [0.29, 0.717) is 17.9 Å². The number of fused-ring (bicyclic) bond motifs is 1. The lowest BCUT2D eigenvalue weighted by Crippen LogP contribution is -2.83. The average Bonchev–Trinajstić information content (AvgIpc) is 3.26. The molecule has 0 radical (unpaired) electrons. The van der Waals surface area contributed by atoms with Crippen LogP contribution in [0.2, 0.25) is 0 Å². The van der Waals surface area contributed by atoms with Crippen LogP contribution in [0.4, 0.5) is 5.82 Å². The Morgan fingerprint density at radius 1 is 1.00 bits per heavy atom. The van der Waals surface area contributed by atoms with Gasteiger partial charge in [0, 0.05) is 17.6 Å². The lowest BCUT2D eigenvalue weighted by Gasteiger charge is -2.72. The van der Waals surface area contributed by atoms with Crippen LogP contribution in [0.3, 0.4) is 0 Å². The zero-order chi connectivity index (χ0) is 24.4. The molecule has 0 bridgehead atoms. The molecule has 7 rings (SSSR count). The minimum absolute atomic E-state index is 0.167. The summed E-state index contributed by atoms with van der Waals surface area (Å²) in [6, 6.07) is 18.5. The number of hydrogen-bond donors (Lipinski definition) is 1. The highest BCUT2D eigenvalue weighted by molar-refractivity contribution is 6.00. The molecule has 0 saturated carbocycles. The van der Waals surface area contributed by atoms with Gasteiger partial charge < -0.3 is 10.5 Å². The number of nitrogen functional groups attached to an aromatic ring is 1. The molecule has 180 valence electrons. The van der Waals surface area contributed by atoms with Crippen molar-refractivity contribution in [1.82, 2.24) is 24.6 Å². The first-order valence-corrected chi connectivity index (χ1v) is 12.3. The summed E-state index contributed by atoms with van der Waals surface area (Å²) >= 11 is 0. The number of aromatic nitrogens is 4. The Hall–Kier alpha value is -4.04. The number of ketones is 1. The van der Waals surface area contributed by atoms with Gasteiger partial charge in [0.1, 0.15) is 29.3 Å². The van der Waals surface area contributed by atoms with Crippen molar-refractivity contribution in [3.05, 3.63) is 73.6 Å². The minimum Gasteiger partial charge on any atom is -0.457 e. The summed E-state index contributed by atoms with van der Waals surface area (Å²) in [5, 5.41) is 5.83. The molecule has 2 aromatic heterocycles. The van der Waals surface area contributed by atoms with Crippen molar-refractivity contribution in [3.63, 3.8) is 0 Å². The van der Waals surface area contributed by atoms with E-state index in [2.05, 4.69) is 21.4 Å². The smallest absolute Gasteiger partial charge is 0.175 e. The number of benzene rings is 2. The second kappa shape index (κ2) is 7.73. The zero-order valence-electron chi connectivity index (χ0n) is 19.7. The number of nitrogens with zero attached hydrogens (tertiary/aromatic N) is 5. The maximum atomic E-state index is 12.4. The molecule has 4 atom stereocenters. The van der Waals surface area contributed by atoms with Gasteiger partial charge >= 0.3 is 0 Å². The summed E-state index contributed by atoms with van der Waals surface area (Å²) in [4.78, 5) is 23.7. The summed E-state index contributed by atoms with van der Waals surface area (Å²) in [7, 11) is 0. The van der Waals surface area contributed by atoms with Crippen molar-refractivity contribution in [2.75, 3.05) is 5.73 Å². The van der Waals surface area contributed by atoms with Crippen molar-refractivity contribution in [1.29, 1.82) is 0 Å². The number of para-hydroxylation sites is 1. The molecule has 2 N–H and O–H groups in total. The van der Waals surface area contributed by atoms with E-state index in [4.69, 9.17) is 15.6 Å². The van der Waals surface area contributed by atoms with E-state index in [1.807, 2.05) is 59.3 Å². The van der Waals surface area contributed by atoms with E-state index in [1.165, 1.54) is 12.4 Å². The van der Waals surface area contributed by atoms with E-state index in [1.54, 1.807) is 0 Å². The average molecular weight is 479 g/mol. The fourth-order valence-electron chi connectivity index (χ4n) is 6.64. The molecule has 5 heterocycles. The van der Waals surface area contributed by atoms with Crippen LogP contribution in [0.5, 0.6) is 11.5 Å². The molecule has 36 heavy (non-hydrogen) atoms. The molecule has 3 aliphatic rings. The van der Waals surface area contributed by atoms with Gasteiger partial charge in [-0.15, -0.1) is 0 Å². The van der Waals surface area contributed by atoms with Crippen LogP contribution in [0, 0.1) is 0 Å². The van der Waals surface area contributed by atoms with Gasteiger partial charge in [-0.1, -0.05) is 24.8 Å². The Labute approximate surface area is 208 Å². The van der Waals surface area contributed by atoms with Gasteiger partial charge in [0.15, 0.2) is 11.4 Å². The van der Waals surface area contributed by atoms with Gasteiger partial charge in [0.2, 0.25) is 0 Å². The maximum Gasteiger partial charge on any atom is 0.175 e. The Bertz CT molecular complexity index is 1480. The van der Waals surface area contributed by atoms with E-state index in [9.17, 15) is 4.79 Å². The number of nitrogens with two attached hydrogens (primary N) is 1. The molecule has 2 unspecified atom stereocenters. The topological polar surface area (TPSA) is 99.2 Å². The molecule has 3 aliphatic heterocycles. The SMILES string of the molecule is C=CC(=O)C12C[C@H]3CC(n4nc(-c5ccc(Oc6ccccc6)cc5)c5c(N)ncnc54)C[C@@H](C1)N32. The standard InChI is InChI=1S/C28H26N6O2/c1-2-23(35)28-14-19-12-18(13-20(15-28)33(19)28)34-27-24(26(29)30-16-31-27)25(32-34)17-8-10-22(11-9-17)36-21-6-4-3-5-7-21/h2-11,16,18-20H,1,12-15H2,(H2,29,30,31)/t18?,19-,20+,28?. The van der Waals surface area contributed by atoms with Crippen molar-refractivity contribution < 1.29 is 9.53 Å². The number of carbonyl (C=O) groups is 1. The quantitative estimate of drug-likeness (QED) is 0.406. The summed E-state index contributed by atoms with van der Waals surface area (Å²) in [6.45, 7) is 3.71. The third kappa shape index (κ3) is 2.97. The summed E-state index contributed by atoms with van der Waals surface area (Å²) in [6.07, 6.45) is 6.67. The van der Waals surface area contributed by atoms with Crippen molar-refractivity contribution >= 4 is 22.6 Å². The highest BCUT2D eigenvalue weighted by atomic mass is 16.5. The van der Waals surface area contributed by atoms with Crippen LogP contribution in [-0.4, -0.2) is 48.1 Å². The number of hydrogen-bond acceptors (Lipinski definition) is 7. The third-order valence-electron chi connectivity index (χ3n) is 8.13. The predicted octanol–water partition coefficient (Wildman–Crippen LogP) is 4.54. The predicted molar refractivity (Wildman–Crippen MR) is 137 cm³/mol. The Morgan fingerprint density at radius 2 is 1.69 bits per heavy atom. The van der Waals surface area contributed by atoms with E-state index < -0.39 is 0 Å². The van der Waals surface area contributed by atoms with Crippen LogP contribution in [-0.2, 0) is 4.79 Å². The number of carbonyl (C=O) groups excluding carboxylic acids is 1. The van der Waals surface area contributed by atoms with Crippen molar-refractivity contribution in [2.45, 2.75) is 49.3 Å². The second-order valence-corrected chi connectivity index (χ2v) is 10.0. The van der Waals surface area contributed by atoms with Crippen molar-refractivity contribution in [3.8, 4) is 22.8 Å². The molecule has 4 aromatic rings. The van der Waals surface area contributed by atoms with Gasteiger partial charge in [-0.2, -0.15) is 5.10 Å². The molecule has 0 spiro atoms. The molecule has 0 aliphatic carbocycles. The van der Waals surface area contributed by atoms with Crippen LogP contribution in [0.15, 0.2) is 73.6 Å². The van der Waals surface area contributed by atoms with Crippen LogP contribution >= 0.6 is 0 Å². The Morgan fingerprint density at radius 3 is 2.39 bits per heavy atom. The highest BCUT2D eigenvalue weighted by Gasteiger charge is 2.68. The monoisotopic (exact) mass is 478 g/mol. The molecular formula is C28H26N6O2. The van der Waals surface area contributed by atoms with Gasteiger partial charge in [0.05, 0.1) is 17.0 Å². The molecule has 8 heteroatoms. The van der Waals surface area contributed by atoms with E-state index >= 15 is 0 Å². The van der Waals surface area contributed by atoms with Crippen LogP contribution < -0.4 is 10.5 Å². The maximum absolute atomic E-state index is 12.4. The summed E-state index contributed by atoms with van der Waals surface area (Å²) in [5.41, 5.74) is 8.53. The number of anilines is 1. The van der Waals surface area contributed by atoms with Crippen molar-refractivity contribution in [2.24, 2.45) is 0 Å². The van der Waals surface area contributed by atoms with Gasteiger partial charge in [-0.3, -0.25) is 9.69 Å². The van der Waals surface area contributed by atoms with Crippen LogP contribution in [0.1, 0.15) is 31.7 Å². The fourth-order valence-corrected chi connectivity index (χ4v) is 6.64. The summed E-state index contributed by atoms with van der Waals surface area (Å²) < 4.78 is 7.99. The first-order valence-electron chi connectivity index (χ1n) is 12.3. The Kier molecular flexibility index (Phi) is 4.56. The molecular weight excluding hydrogens is 452 g/mol. The number of piperidine rings is 2.